The van der Waals surface area contributed by atoms with Crippen molar-refractivity contribution >= 4 is 28.7 Å². The van der Waals surface area contributed by atoms with Gasteiger partial charge in [-0.05, 0) is 113 Å². The van der Waals surface area contributed by atoms with Gasteiger partial charge in [0, 0.05) is 97.5 Å². The Bertz CT molecular complexity index is 2750. The van der Waals surface area contributed by atoms with Gasteiger partial charge in [0.2, 0.25) is 11.8 Å². The quantitative estimate of drug-likeness (QED) is 0.155. The van der Waals surface area contributed by atoms with Crippen LogP contribution in [-0.4, -0.2) is 164 Å². The number of amides is 2. The van der Waals surface area contributed by atoms with Crippen molar-refractivity contribution in [3.63, 3.8) is 0 Å². The minimum atomic E-state index is -1.13. The molecule has 1 saturated carbocycles. The molecule has 6 atom stereocenters. The summed E-state index contributed by atoms with van der Waals surface area (Å²) in [5.41, 5.74) is 10.4. The highest BCUT2D eigenvalue weighted by Crippen LogP contribution is 2.46. The second-order valence-electron chi connectivity index (χ2n) is 23.9. The molecule has 3 aromatic heterocycles. The van der Waals surface area contributed by atoms with E-state index in [0.29, 0.717) is 103 Å². The summed E-state index contributed by atoms with van der Waals surface area (Å²) in [7, 11) is 1.74. The molecule has 75 heavy (non-hydrogen) atoms. The van der Waals surface area contributed by atoms with E-state index in [4.69, 9.17) is 42.8 Å². The number of likely N-dealkylation sites (tertiary alicyclic amines) is 2. The van der Waals surface area contributed by atoms with Crippen LogP contribution in [0.4, 0.5) is 0 Å². The smallest absolute Gasteiger partial charge is 0.324 e. The molecule has 0 unspecified atom stereocenters. The molecule has 12 rings (SSSR count). The van der Waals surface area contributed by atoms with Crippen molar-refractivity contribution in [2.45, 2.75) is 140 Å². The van der Waals surface area contributed by atoms with Crippen LogP contribution < -0.4 is 10.7 Å². The number of oxazole rings is 1. The fourth-order valence-electron chi connectivity index (χ4n) is 12.9. The number of nitrogens with one attached hydrogen (secondary N) is 2. The van der Waals surface area contributed by atoms with Gasteiger partial charge in [-0.3, -0.25) is 29.3 Å². The van der Waals surface area contributed by atoms with Crippen molar-refractivity contribution in [3.8, 4) is 22.5 Å². The van der Waals surface area contributed by atoms with Gasteiger partial charge < -0.3 is 47.6 Å². The summed E-state index contributed by atoms with van der Waals surface area (Å²) in [6.07, 6.45) is 11.0. The lowest BCUT2D eigenvalue weighted by atomic mass is 9.76. The summed E-state index contributed by atoms with van der Waals surface area (Å²) in [5.74, 6) is -0.523. The van der Waals surface area contributed by atoms with E-state index >= 15 is 4.79 Å². The number of pyridine rings is 1. The predicted octanol–water partition coefficient (Wildman–Crippen LogP) is 6.12. The van der Waals surface area contributed by atoms with Crippen molar-refractivity contribution < 1.29 is 47.2 Å². The molecule has 1 aromatic carbocycles. The van der Waals surface area contributed by atoms with Gasteiger partial charge in [0.1, 0.15) is 36.2 Å². The first kappa shape index (κ1) is 51.0. The number of carbonyl (C=O) groups is 3. The number of hydrogen-bond donors (Lipinski definition) is 2. The maximum atomic E-state index is 15.1. The molecule has 4 aromatic rings. The van der Waals surface area contributed by atoms with E-state index in [1.54, 1.807) is 13.4 Å². The molecule has 2 amide bonds. The molecule has 18 nitrogen and oxygen atoms in total. The Morgan fingerprint density at radius 2 is 1.77 bits per heavy atom. The molecule has 0 radical (unpaired) electrons. The summed E-state index contributed by atoms with van der Waals surface area (Å²) < 4.78 is 45.2. The number of aromatic nitrogens is 3. The Morgan fingerprint density at radius 3 is 2.48 bits per heavy atom. The molecule has 10 heterocycles. The molecule has 1 spiro atoms. The van der Waals surface area contributed by atoms with Gasteiger partial charge in [-0.15, -0.1) is 0 Å². The minimum Gasteiger partial charge on any atom is -0.464 e. The third-order valence-corrected chi connectivity index (χ3v) is 17.6. The Morgan fingerprint density at radius 1 is 0.973 bits per heavy atom. The predicted molar refractivity (Wildman–Crippen MR) is 277 cm³/mol. The number of fused-ring (bicyclic) bond motifs is 6. The van der Waals surface area contributed by atoms with Gasteiger partial charge >= 0.3 is 5.97 Å². The van der Waals surface area contributed by atoms with Crippen LogP contribution in [0.3, 0.4) is 0 Å². The third-order valence-electron chi connectivity index (χ3n) is 17.6. The van der Waals surface area contributed by atoms with Gasteiger partial charge in [0.25, 0.3) is 5.91 Å². The lowest BCUT2D eigenvalue weighted by Gasteiger charge is -2.57. The van der Waals surface area contributed by atoms with Crippen LogP contribution in [0.15, 0.2) is 41.1 Å². The number of nitrogens with zero attached hydrogens (tertiary/aromatic N) is 6. The Balaban J connectivity index is 1.00. The molecular formula is C57H76N8O10. The van der Waals surface area contributed by atoms with Gasteiger partial charge in [-0.25, -0.2) is 10.4 Å². The normalized spacial score (nSPS) is 28.3. The van der Waals surface area contributed by atoms with E-state index in [1.807, 2.05) is 6.92 Å². The lowest BCUT2D eigenvalue weighted by Crippen LogP contribution is -2.70. The number of rotatable bonds is 12. The number of carbonyl (C=O) groups excluding carboxylic acids is 3. The number of methoxy groups -OCH3 is 1. The molecule has 7 aliphatic heterocycles. The third kappa shape index (κ3) is 10.2. The van der Waals surface area contributed by atoms with Crippen LogP contribution in [0.1, 0.15) is 120 Å². The monoisotopic (exact) mass is 1030 g/mol. The molecule has 404 valence electrons. The number of benzene rings is 1. The van der Waals surface area contributed by atoms with E-state index in [0.717, 1.165) is 83.8 Å². The molecule has 8 aliphatic rings. The summed E-state index contributed by atoms with van der Waals surface area (Å²) in [5, 5.41) is 5.63. The maximum Gasteiger partial charge on any atom is 0.324 e. The summed E-state index contributed by atoms with van der Waals surface area (Å²) >= 11 is 0. The Kier molecular flexibility index (Phi) is 14.2. The average molecular weight is 1030 g/mol. The molecule has 18 heteroatoms. The number of cyclic esters (lactones) is 1. The van der Waals surface area contributed by atoms with E-state index < -0.39 is 41.5 Å². The average Bonchev–Trinajstić information content (AvgIpc) is 4.07. The summed E-state index contributed by atoms with van der Waals surface area (Å²) in [6.45, 7) is 16.4. The number of ether oxygens (including phenoxy) is 6. The van der Waals surface area contributed by atoms with Crippen molar-refractivity contribution in [2.24, 2.45) is 16.7 Å². The van der Waals surface area contributed by atoms with Gasteiger partial charge in [0.15, 0.2) is 0 Å². The minimum absolute atomic E-state index is 0.0121. The van der Waals surface area contributed by atoms with Gasteiger partial charge in [-0.2, -0.15) is 0 Å². The zero-order valence-corrected chi connectivity index (χ0v) is 44.5. The van der Waals surface area contributed by atoms with E-state index in [-0.39, 0.29) is 36.1 Å². The molecule has 2 N–H and O–H groups in total. The standard InChI is InChI=1S/C57H76N8O10/c1-34-27-73-51(34)52(66)60-48-50(63-29-57(30-63)32-71-33-57)53-59-45(28-74-53)37-8-11-46-41(23-37)43(25-56(3,4)31-75-55(68)44-7-6-16-65(61-44)54(48)67)49(64(46)19-22-72-40-14-20-70-21-15-40)42-24-38(26-58-47(42)35(2)69-5)36-12-17-62(18-13-36)39-9-10-39/h8,11,23-24,26,28,34-36,39-40,44,48,50-51,61H,6-7,9-10,12-22,25,27,29-33H2,1-5H3,(H,60,66)/t34-,35-,44-,48-,50-,51+/m0/s1. The fraction of sp³-hybridized carbons (Fsp3) is 0.667. The van der Waals surface area contributed by atoms with E-state index in [9.17, 15) is 9.59 Å². The topological polar surface area (TPSA) is 184 Å². The van der Waals surface area contributed by atoms with E-state index in [1.165, 1.54) is 23.4 Å². The lowest BCUT2D eigenvalue weighted by molar-refractivity contribution is -0.205. The van der Waals surface area contributed by atoms with Crippen LogP contribution >= 0.6 is 0 Å². The number of hydrazine groups is 1. The van der Waals surface area contributed by atoms with Crippen LogP contribution in [0.2, 0.25) is 0 Å². The second kappa shape index (κ2) is 20.9. The van der Waals surface area contributed by atoms with Gasteiger partial charge in [0.05, 0.1) is 56.6 Å². The first-order valence-electron chi connectivity index (χ1n) is 27.9. The van der Waals surface area contributed by atoms with Crippen molar-refractivity contribution in [1.29, 1.82) is 0 Å². The Hall–Kier alpha value is -4.79. The molecule has 7 fully saturated rings. The molecule has 1 aliphatic carbocycles. The molecule has 6 saturated heterocycles. The largest absolute Gasteiger partial charge is 0.464 e. The van der Waals surface area contributed by atoms with Gasteiger partial charge in [-0.1, -0.05) is 26.8 Å². The molecular weight excluding hydrogens is 957 g/mol. The summed E-state index contributed by atoms with van der Waals surface area (Å²) in [6, 6.07) is 6.92. The number of esters is 1. The van der Waals surface area contributed by atoms with Crippen LogP contribution in [0.5, 0.6) is 0 Å². The first-order chi connectivity index (χ1) is 36.3. The van der Waals surface area contributed by atoms with Crippen LogP contribution in [0.25, 0.3) is 33.4 Å². The van der Waals surface area contributed by atoms with Crippen LogP contribution in [0, 0.1) is 16.7 Å². The highest BCUT2D eigenvalue weighted by Gasteiger charge is 2.55. The second-order valence-corrected chi connectivity index (χ2v) is 23.9. The van der Waals surface area contributed by atoms with Crippen molar-refractivity contribution in [1.82, 2.24) is 40.1 Å². The van der Waals surface area contributed by atoms with Crippen LogP contribution in [-0.2, 0) is 55.8 Å². The number of piperidine rings is 1. The zero-order valence-electron chi connectivity index (χ0n) is 44.5. The van der Waals surface area contributed by atoms with E-state index in [2.05, 4.69) is 76.3 Å². The first-order valence-corrected chi connectivity index (χ1v) is 27.9. The highest BCUT2D eigenvalue weighted by atomic mass is 16.5. The van der Waals surface area contributed by atoms with Crippen molar-refractivity contribution in [2.75, 3.05) is 86.1 Å². The van der Waals surface area contributed by atoms with Crippen molar-refractivity contribution in [3.05, 3.63) is 59.4 Å². The number of hydrogen-bond acceptors (Lipinski definition) is 15. The Labute approximate surface area is 439 Å². The fourth-order valence-corrected chi connectivity index (χ4v) is 12.9. The molecule has 6 bridgehead atoms. The maximum absolute atomic E-state index is 15.1. The summed E-state index contributed by atoms with van der Waals surface area (Å²) in [4.78, 5) is 58.9. The zero-order chi connectivity index (χ0) is 51.6. The SMILES string of the molecule is CO[C@@H](C)c1ncc(C2CCN(C3CC3)CC2)cc1-c1c2c3cc(ccc3n1CCOC1CCOCC1)-c1coc(n1)[C@@H](N1CC3(COC3)C1)[C@H](NC(=O)[C@@H]1OC[C@@H]1C)C(=O)N1CCC[C@H](N1)C(=O)OCC(C)(C)C2. The highest BCUT2D eigenvalue weighted by molar-refractivity contribution is 5.95.